The van der Waals surface area contributed by atoms with Gasteiger partial charge >= 0.3 is 0 Å². The zero-order valence-corrected chi connectivity index (χ0v) is 22.5. The van der Waals surface area contributed by atoms with Crippen molar-refractivity contribution in [3.8, 4) is 0 Å². The first-order valence-corrected chi connectivity index (χ1v) is 14.0. The third-order valence-corrected chi connectivity index (χ3v) is 9.95. The molecule has 1 spiro atoms. The molecular weight excluding hydrogens is 462 g/mol. The highest BCUT2D eigenvalue weighted by Crippen LogP contribution is 2.66. The molecule has 196 valence electrons. The van der Waals surface area contributed by atoms with E-state index in [1.165, 1.54) is 0 Å². The summed E-state index contributed by atoms with van der Waals surface area (Å²) in [6.07, 6.45) is 9.14. The van der Waals surface area contributed by atoms with E-state index in [4.69, 9.17) is 0 Å². The van der Waals surface area contributed by atoms with E-state index >= 15 is 0 Å². The van der Waals surface area contributed by atoms with Crippen LogP contribution in [0.2, 0.25) is 0 Å². The average Bonchev–Trinajstić information content (AvgIpc) is 3.47. The molecule has 35 heavy (non-hydrogen) atoms. The normalized spacial score (nSPS) is 29.7. The number of unbranched alkanes of at least 4 members (excludes halogenated alkanes) is 2. The van der Waals surface area contributed by atoms with Gasteiger partial charge in [-0.2, -0.15) is 0 Å². The van der Waals surface area contributed by atoms with Gasteiger partial charge in [-0.25, -0.2) is 0 Å². The Morgan fingerprint density at radius 2 is 1.94 bits per heavy atom. The summed E-state index contributed by atoms with van der Waals surface area (Å²) in [5, 5.41) is 9.26. The van der Waals surface area contributed by atoms with Crippen molar-refractivity contribution < 1.29 is 19.5 Å². The Balaban J connectivity index is 1.99. The minimum Gasteiger partial charge on any atom is -0.396 e. The number of carbonyl (C=O) groups is 3. The van der Waals surface area contributed by atoms with E-state index in [0.29, 0.717) is 26.1 Å². The van der Waals surface area contributed by atoms with E-state index in [-0.39, 0.29) is 35.6 Å². The molecule has 1 N–H and O–H groups in total. The highest BCUT2D eigenvalue weighted by atomic mass is 32.2. The van der Waals surface area contributed by atoms with Gasteiger partial charge in [0, 0.05) is 44.6 Å². The molecule has 3 fully saturated rings. The molecule has 0 aromatic carbocycles. The van der Waals surface area contributed by atoms with Crippen LogP contribution < -0.4 is 0 Å². The highest BCUT2D eigenvalue weighted by molar-refractivity contribution is 8.02. The first-order chi connectivity index (χ1) is 16.8. The summed E-state index contributed by atoms with van der Waals surface area (Å²) in [5.74, 6) is -0.939. The Morgan fingerprint density at radius 3 is 2.57 bits per heavy atom. The smallest absolute Gasteiger partial charge is 0.247 e. The number of aliphatic hydroxyl groups excluding tert-OH is 1. The number of aliphatic hydroxyl groups is 1. The van der Waals surface area contributed by atoms with Gasteiger partial charge in [0.15, 0.2) is 0 Å². The summed E-state index contributed by atoms with van der Waals surface area (Å²) in [4.78, 5) is 47.1. The third-order valence-electron chi connectivity index (χ3n) is 8.00. The lowest BCUT2D eigenvalue weighted by molar-refractivity contribution is -0.145. The predicted octanol–water partition coefficient (Wildman–Crippen LogP) is 3.09. The van der Waals surface area contributed by atoms with Crippen molar-refractivity contribution >= 4 is 29.5 Å². The summed E-state index contributed by atoms with van der Waals surface area (Å²) in [5.41, 5.74) is 0. The second kappa shape index (κ2) is 12.0. The van der Waals surface area contributed by atoms with Crippen LogP contribution in [-0.4, -0.2) is 92.9 Å². The zero-order valence-electron chi connectivity index (χ0n) is 21.7. The van der Waals surface area contributed by atoms with E-state index in [1.807, 2.05) is 4.90 Å². The molecule has 3 saturated heterocycles. The van der Waals surface area contributed by atoms with Gasteiger partial charge in [-0.1, -0.05) is 25.5 Å². The van der Waals surface area contributed by atoms with Gasteiger partial charge in [0.05, 0.1) is 16.6 Å². The average molecular weight is 506 g/mol. The molecule has 0 aromatic heterocycles. The van der Waals surface area contributed by atoms with Gasteiger partial charge in [-0.05, 0) is 45.4 Å². The number of likely N-dealkylation sites (N-methyl/N-ethyl adjacent to an activating group) is 1. The summed E-state index contributed by atoms with van der Waals surface area (Å²) in [6, 6.07) is -0.516. The maximum absolute atomic E-state index is 14.3. The fraction of sp³-hybridized carbons (Fsp3) is 0.741. The molecule has 0 aliphatic carbocycles. The number of hydrogen-bond acceptors (Lipinski definition) is 5. The fourth-order valence-electron chi connectivity index (χ4n) is 6.42. The Kier molecular flexibility index (Phi) is 9.49. The third kappa shape index (κ3) is 5.06. The monoisotopic (exact) mass is 505 g/mol. The van der Waals surface area contributed by atoms with Crippen LogP contribution in [-0.2, 0) is 14.4 Å². The van der Waals surface area contributed by atoms with Crippen LogP contribution in [0.4, 0.5) is 0 Å². The van der Waals surface area contributed by atoms with Crippen molar-refractivity contribution in [3.63, 3.8) is 0 Å². The van der Waals surface area contributed by atoms with Gasteiger partial charge in [0.2, 0.25) is 17.7 Å². The number of fused-ring (bicyclic) bond motifs is 1. The first kappa shape index (κ1) is 27.8. The van der Waals surface area contributed by atoms with Gasteiger partial charge < -0.3 is 19.8 Å². The lowest BCUT2D eigenvalue weighted by Crippen LogP contribution is -2.56. The van der Waals surface area contributed by atoms with Gasteiger partial charge in [0.1, 0.15) is 6.04 Å². The minimum absolute atomic E-state index is 0.00967. The number of rotatable bonds is 14. The molecule has 6 atom stereocenters. The van der Waals surface area contributed by atoms with Crippen molar-refractivity contribution in [2.24, 2.45) is 11.8 Å². The summed E-state index contributed by atoms with van der Waals surface area (Å²) in [7, 11) is 1.76. The molecule has 3 aliphatic heterocycles. The second-order valence-electron chi connectivity index (χ2n) is 10.3. The Morgan fingerprint density at radius 1 is 1.23 bits per heavy atom. The minimum atomic E-state index is -0.564. The van der Waals surface area contributed by atoms with Gasteiger partial charge in [-0.3, -0.25) is 14.4 Å². The van der Waals surface area contributed by atoms with Crippen LogP contribution in [0.15, 0.2) is 25.3 Å². The van der Waals surface area contributed by atoms with Crippen molar-refractivity contribution in [2.45, 2.75) is 80.9 Å². The van der Waals surface area contributed by atoms with Crippen molar-refractivity contribution in [3.05, 3.63) is 25.3 Å². The van der Waals surface area contributed by atoms with Crippen LogP contribution in [0.3, 0.4) is 0 Å². The summed E-state index contributed by atoms with van der Waals surface area (Å²) in [6.45, 7) is 13.3. The molecule has 2 bridgehead atoms. The second-order valence-corrected chi connectivity index (χ2v) is 11.9. The van der Waals surface area contributed by atoms with Gasteiger partial charge in [0.25, 0.3) is 0 Å². The molecule has 3 amide bonds. The maximum atomic E-state index is 14.3. The molecule has 0 radical (unpaired) electrons. The quantitative estimate of drug-likeness (QED) is 0.290. The molecule has 3 unspecified atom stereocenters. The SMILES string of the molecule is C=CCN(C)C(=O)[C@@H]1[C@H]2C(=O)N(CCCCCO)C(C(=O)N(CC=C)C(C)CCC)C23CC[C@H]1S3. The Labute approximate surface area is 215 Å². The number of likely N-dealkylation sites (tertiary alicyclic amines) is 1. The summed E-state index contributed by atoms with van der Waals surface area (Å²) >= 11 is 1.72. The Hall–Kier alpha value is -1.80. The molecular formula is C27H43N3O4S. The lowest BCUT2D eigenvalue weighted by atomic mass is 9.70. The molecule has 3 aliphatic rings. The highest BCUT2D eigenvalue weighted by Gasteiger charge is 2.73. The first-order valence-electron chi connectivity index (χ1n) is 13.1. The molecule has 0 saturated carbocycles. The predicted molar refractivity (Wildman–Crippen MR) is 141 cm³/mol. The number of amides is 3. The van der Waals surface area contributed by atoms with Crippen molar-refractivity contribution in [1.82, 2.24) is 14.7 Å². The standard InChI is InChI=1S/C27H43N3O4S/c1-6-12-19(4)29(16-8-3)26(34)23-27-14-13-20(35-27)21(24(32)28(5)15-7-2)22(27)25(33)30(23)17-10-9-11-18-31/h7-8,19-23,31H,2-3,6,9-18H2,1,4-5H3/t19?,20-,21+,22+,23?,27?/m1/s1. The molecule has 3 rings (SSSR count). The largest absolute Gasteiger partial charge is 0.396 e. The molecule has 7 nitrogen and oxygen atoms in total. The molecule has 0 aromatic rings. The van der Waals surface area contributed by atoms with Crippen LogP contribution in [0.1, 0.15) is 58.8 Å². The number of hydrogen-bond donors (Lipinski definition) is 1. The number of thioether (sulfide) groups is 1. The Bertz CT molecular complexity index is 820. The van der Waals surface area contributed by atoms with E-state index in [9.17, 15) is 19.5 Å². The van der Waals surface area contributed by atoms with E-state index < -0.39 is 22.6 Å². The van der Waals surface area contributed by atoms with E-state index in [0.717, 1.165) is 38.5 Å². The van der Waals surface area contributed by atoms with Crippen LogP contribution in [0, 0.1) is 11.8 Å². The number of carbonyl (C=O) groups excluding carboxylic acids is 3. The van der Waals surface area contributed by atoms with Crippen molar-refractivity contribution in [1.29, 1.82) is 0 Å². The van der Waals surface area contributed by atoms with Crippen molar-refractivity contribution in [2.75, 3.05) is 33.3 Å². The fourth-order valence-corrected chi connectivity index (χ4v) is 8.63. The van der Waals surface area contributed by atoms with Crippen LogP contribution in [0.5, 0.6) is 0 Å². The molecule has 8 heteroatoms. The zero-order chi connectivity index (χ0) is 25.8. The summed E-state index contributed by atoms with van der Waals surface area (Å²) < 4.78 is -0.559. The van der Waals surface area contributed by atoms with E-state index in [2.05, 4.69) is 27.0 Å². The number of nitrogens with zero attached hydrogens (tertiary/aromatic N) is 3. The topological polar surface area (TPSA) is 81.2 Å². The molecule has 3 heterocycles. The van der Waals surface area contributed by atoms with E-state index in [1.54, 1.807) is 40.8 Å². The van der Waals surface area contributed by atoms with Crippen LogP contribution >= 0.6 is 11.8 Å². The van der Waals surface area contributed by atoms with Crippen LogP contribution in [0.25, 0.3) is 0 Å². The maximum Gasteiger partial charge on any atom is 0.247 e. The van der Waals surface area contributed by atoms with Gasteiger partial charge in [-0.15, -0.1) is 24.9 Å². The lowest BCUT2D eigenvalue weighted by Gasteiger charge is -2.39.